The minimum Gasteiger partial charge on any atom is -0.399 e. The molecule has 0 spiro atoms. The van der Waals surface area contributed by atoms with Crippen molar-refractivity contribution in [2.24, 2.45) is 0 Å². The van der Waals surface area contributed by atoms with Crippen molar-refractivity contribution in [2.75, 3.05) is 11.5 Å². The van der Waals surface area contributed by atoms with E-state index in [1.807, 2.05) is 0 Å². The lowest BCUT2D eigenvalue weighted by Crippen LogP contribution is -2.15. The molecule has 0 amide bonds. The molecular formula is C16H16N2O4S. The van der Waals surface area contributed by atoms with Crippen molar-refractivity contribution in [2.45, 2.75) is 23.6 Å². The standard InChI is InChI=1S/C16H16N2O4S/c1-9(19)15-13(18)7-8-14(16(15)10(2)20)23(21,22)12-5-3-11(17)4-6-12/h3-8H,17-18H2,1-2H3. The third-order valence-electron chi connectivity index (χ3n) is 3.38. The molecular weight excluding hydrogens is 316 g/mol. The van der Waals surface area contributed by atoms with Gasteiger partial charge in [-0.3, -0.25) is 9.59 Å². The zero-order valence-corrected chi connectivity index (χ0v) is 13.5. The molecule has 0 aliphatic carbocycles. The number of carbonyl (C=O) groups excluding carboxylic acids is 2. The van der Waals surface area contributed by atoms with Crippen LogP contribution in [-0.4, -0.2) is 20.0 Å². The monoisotopic (exact) mass is 332 g/mol. The van der Waals surface area contributed by atoms with E-state index in [-0.39, 0.29) is 26.6 Å². The van der Waals surface area contributed by atoms with E-state index in [1.165, 1.54) is 50.2 Å². The van der Waals surface area contributed by atoms with Gasteiger partial charge in [0.15, 0.2) is 11.6 Å². The number of anilines is 2. The molecule has 2 aromatic carbocycles. The quantitative estimate of drug-likeness (QED) is 0.653. The number of hydrogen-bond donors (Lipinski definition) is 2. The van der Waals surface area contributed by atoms with Crippen molar-refractivity contribution in [3.63, 3.8) is 0 Å². The van der Waals surface area contributed by atoms with Gasteiger partial charge in [0, 0.05) is 16.9 Å². The number of Topliss-reactive ketones (excluding diaryl/α,β-unsaturated/α-hetero) is 2. The van der Waals surface area contributed by atoms with Crippen molar-refractivity contribution < 1.29 is 18.0 Å². The smallest absolute Gasteiger partial charge is 0.207 e. The minimum absolute atomic E-state index is 0.0199. The highest BCUT2D eigenvalue weighted by Crippen LogP contribution is 2.30. The molecule has 6 nitrogen and oxygen atoms in total. The van der Waals surface area contributed by atoms with Crippen LogP contribution in [-0.2, 0) is 9.84 Å². The number of hydrogen-bond acceptors (Lipinski definition) is 6. The maximum Gasteiger partial charge on any atom is 0.207 e. The first kappa shape index (κ1) is 16.7. The average Bonchev–Trinajstić information content (AvgIpc) is 2.46. The highest BCUT2D eigenvalue weighted by molar-refractivity contribution is 7.91. The molecule has 0 radical (unpaired) electrons. The largest absolute Gasteiger partial charge is 0.399 e. The predicted octanol–water partition coefficient (Wildman–Crippen LogP) is 2.09. The number of nitrogen functional groups attached to an aromatic ring is 2. The van der Waals surface area contributed by atoms with Gasteiger partial charge in [-0.05, 0) is 50.2 Å². The number of carbonyl (C=O) groups is 2. The zero-order valence-electron chi connectivity index (χ0n) is 12.7. The third-order valence-corrected chi connectivity index (χ3v) is 5.20. The molecule has 0 unspecified atom stereocenters. The van der Waals surface area contributed by atoms with E-state index in [2.05, 4.69) is 0 Å². The molecule has 23 heavy (non-hydrogen) atoms. The molecule has 2 aromatic rings. The van der Waals surface area contributed by atoms with E-state index in [0.717, 1.165) is 0 Å². The van der Waals surface area contributed by atoms with E-state index in [4.69, 9.17) is 11.5 Å². The van der Waals surface area contributed by atoms with Crippen molar-refractivity contribution in [3.8, 4) is 0 Å². The van der Waals surface area contributed by atoms with E-state index in [1.54, 1.807) is 0 Å². The molecule has 0 fully saturated rings. The first-order valence-corrected chi connectivity index (χ1v) is 8.19. The van der Waals surface area contributed by atoms with Crippen LogP contribution in [0, 0.1) is 0 Å². The Hall–Kier alpha value is -2.67. The van der Waals surface area contributed by atoms with Crippen LogP contribution >= 0.6 is 0 Å². The first-order valence-electron chi connectivity index (χ1n) is 6.71. The van der Waals surface area contributed by atoms with Crippen LogP contribution in [0.4, 0.5) is 11.4 Å². The first-order chi connectivity index (χ1) is 10.7. The van der Waals surface area contributed by atoms with E-state index >= 15 is 0 Å². The van der Waals surface area contributed by atoms with Gasteiger partial charge in [0.25, 0.3) is 0 Å². The Labute approximate surface area is 134 Å². The van der Waals surface area contributed by atoms with Gasteiger partial charge in [0.2, 0.25) is 9.84 Å². The van der Waals surface area contributed by atoms with Crippen molar-refractivity contribution in [1.82, 2.24) is 0 Å². The Morgan fingerprint density at radius 3 is 1.83 bits per heavy atom. The predicted molar refractivity (Wildman–Crippen MR) is 87.2 cm³/mol. The SMILES string of the molecule is CC(=O)c1c(N)ccc(S(=O)(=O)c2ccc(N)cc2)c1C(C)=O. The zero-order chi connectivity index (χ0) is 17.4. The third kappa shape index (κ3) is 2.95. The second kappa shape index (κ2) is 5.85. The number of nitrogens with two attached hydrogens (primary N) is 2. The fourth-order valence-electron chi connectivity index (χ4n) is 2.33. The molecule has 0 saturated heterocycles. The summed E-state index contributed by atoms with van der Waals surface area (Å²) in [5, 5.41) is 0. The Bertz CT molecular complexity index is 900. The number of benzene rings is 2. The van der Waals surface area contributed by atoms with Crippen LogP contribution in [0.1, 0.15) is 34.6 Å². The van der Waals surface area contributed by atoms with Crippen LogP contribution in [0.15, 0.2) is 46.2 Å². The van der Waals surface area contributed by atoms with Crippen LogP contribution < -0.4 is 11.5 Å². The summed E-state index contributed by atoms with van der Waals surface area (Å²) in [5.41, 5.74) is 11.5. The van der Waals surface area contributed by atoms with Gasteiger partial charge in [0.1, 0.15) is 0 Å². The van der Waals surface area contributed by atoms with Crippen LogP contribution in [0.5, 0.6) is 0 Å². The molecule has 0 saturated carbocycles. The van der Waals surface area contributed by atoms with E-state index in [0.29, 0.717) is 5.69 Å². The lowest BCUT2D eigenvalue weighted by molar-refractivity contribution is 0.0979. The molecule has 0 heterocycles. The van der Waals surface area contributed by atoms with Gasteiger partial charge in [-0.2, -0.15) is 0 Å². The Balaban J connectivity index is 2.82. The summed E-state index contributed by atoms with van der Waals surface area (Å²) >= 11 is 0. The fraction of sp³-hybridized carbons (Fsp3) is 0.125. The summed E-state index contributed by atoms with van der Waals surface area (Å²) in [7, 11) is -3.99. The summed E-state index contributed by atoms with van der Waals surface area (Å²) in [4.78, 5) is 23.5. The maximum atomic E-state index is 12.8. The summed E-state index contributed by atoms with van der Waals surface area (Å²) in [5.74, 6) is -1.02. The normalized spacial score (nSPS) is 11.2. The van der Waals surface area contributed by atoms with Crippen molar-refractivity contribution >= 4 is 32.8 Å². The molecule has 0 aromatic heterocycles. The van der Waals surface area contributed by atoms with Gasteiger partial charge in [-0.15, -0.1) is 0 Å². The lowest BCUT2D eigenvalue weighted by Gasteiger charge is -2.14. The molecule has 0 atom stereocenters. The molecule has 0 aliphatic rings. The Morgan fingerprint density at radius 2 is 1.35 bits per heavy atom. The summed E-state index contributed by atoms with van der Waals surface area (Å²) < 4.78 is 25.6. The number of sulfone groups is 1. The van der Waals surface area contributed by atoms with Gasteiger partial charge in [-0.1, -0.05) is 0 Å². The lowest BCUT2D eigenvalue weighted by atomic mass is 9.99. The van der Waals surface area contributed by atoms with Crippen molar-refractivity contribution in [3.05, 3.63) is 47.5 Å². The topological polar surface area (TPSA) is 120 Å². The maximum absolute atomic E-state index is 12.8. The molecule has 0 bridgehead atoms. The van der Waals surface area contributed by atoms with Gasteiger partial charge >= 0.3 is 0 Å². The van der Waals surface area contributed by atoms with Gasteiger partial charge < -0.3 is 11.5 Å². The van der Waals surface area contributed by atoms with E-state index in [9.17, 15) is 18.0 Å². The second-order valence-corrected chi connectivity index (χ2v) is 7.01. The fourth-order valence-corrected chi connectivity index (χ4v) is 3.84. The summed E-state index contributed by atoms with van der Waals surface area (Å²) in [6.07, 6.45) is 0. The molecule has 120 valence electrons. The Morgan fingerprint density at radius 1 is 0.826 bits per heavy atom. The average molecular weight is 332 g/mol. The van der Waals surface area contributed by atoms with Gasteiger partial charge in [-0.25, -0.2) is 8.42 Å². The van der Waals surface area contributed by atoms with Crippen LogP contribution in [0.25, 0.3) is 0 Å². The number of rotatable bonds is 4. The van der Waals surface area contributed by atoms with Gasteiger partial charge in [0.05, 0.1) is 15.4 Å². The molecule has 2 rings (SSSR count). The molecule has 4 N–H and O–H groups in total. The Kier molecular flexibility index (Phi) is 4.24. The highest BCUT2D eigenvalue weighted by atomic mass is 32.2. The van der Waals surface area contributed by atoms with E-state index < -0.39 is 21.4 Å². The second-order valence-electron chi connectivity index (χ2n) is 5.09. The minimum atomic E-state index is -3.99. The van der Waals surface area contributed by atoms with Crippen molar-refractivity contribution in [1.29, 1.82) is 0 Å². The summed E-state index contributed by atoms with van der Waals surface area (Å²) in [6, 6.07) is 8.14. The van der Waals surface area contributed by atoms with Crippen LogP contribution in [0.2, 0.25) is 0 Å². The highest BCUT2D eigenvalue weighted by Gasteiger charge is 2.28. The molecule has 7 heteroatoms. The molecule has 0 aliphatic heterocycles. The van der Waals surface area contributed by atoms with Crippen LogP contribution in [0.3, 0.4) is 0 Å². The summed E-state index contributed by atoms with van der Waals surface area (Å²) in [6.45, 7) is 2.43. The number of ketones is 2.